The molecule has 122 valence electrons. The summed E-state index contributed by atoms with van der Waals surface area (Å²) in [5.74, 6) is 3.18. The highest BCUT2D eigenvalue weighted by Crippen LogP contribution is 2.51. The Kier molecular flexibility index (Phi) is 4.95. The van der Waals surface area contributed by atoms with Crippen LogP contribution in [0.3, 0.4) is 0 Å². The lowest BCUT2D eigenvalue weighted by atomic mass is 9.76. The normalized spacial score (nSPS) is 35.7. The van der Waals surface area contributed by atoms with Crippen LogP contribution >= 0.6 is 0 Å². The van der Waals surface area contributed by atoms with E-state index in [-0.39, 0.29) is 0 Å². The van der Waals surface area contributed by atoms with E-state index in [1.165, 1.54) is 57.9 Å². The second-order valence-corrected chi connectivity index (χ2v) is 8.38. The molecule has 2 bridgehead atoms. The first-order valence-corrected chi connectivity index (χ1v) is 9.56. The summed E-state index contributed by atoms with van der Waals surface area (Å²) in [6, 6.07) is 0.722. The molecule has 2 nitrogen and oxygen atoms in total. The number of hydrogen-bond donors (Lipinski definition) is 1. The van der Waals surface area contributed by atoms with Crippen molar-refractivity contribution in [2.24, 2.45) is 17.8 Å². The summed E-state index contributed by atoms with van der Waals surface area (Å²) in [6.07, 6.45) is 14.5. The largest absolute Gasteiger partial charge is 0.312 e. The van der Waals surface area contributed by atoms with Crippen molar-refractivity contribution in [2.45, 2.75) is 82.7 Å². The molecule has 0 amide bonds. The lowest BCUT2D eigenvalue weighted by Crippen LogP contribution is -2.58. The van der Waals surface area contributed by atoms with E-state index in [2.05, 4.69) is 31.2 Å². The monoisotopic (exact) mass is 292 g/mol. The predicted molar refractivity (Wildman–Crippen MR) is 90.5 cm³/mol. The van der Waals surface area contributed by atoms with Gasteiger partial charge in [0.2, 0.25) is 0 Å². The Labute approximate surface area is 132 Å². The molecule has 3 saturated carbocycles. The lowest BCUT2D eigenvalue weighted by molar-refractivity contribution is 0.0839. The topological polar surface area (TPSA) is 15.3 Å². The minimum atomic E-state index is 0.441. The minimum Gasteiger partial charge on any atom is -0.312 e. The summed E-state index contributed by atoms with van der Waals surface area (Å²) >= 11 is 0. The Morgan fingerprint density at radius 2 is 1.90 bits per heavy atom. The van der Waals surface area contributed by atoms with Gasteiger partial charge >= 0.3 is 0 Å². The van der Waals surface area contributed by atoms with Gasteiger partial charge in [-0.3, -0.25) is 0 Å². The molecule has 0 aliphatic heterocycles. The third-order valence-electron chi connectivity index (χ3n) is 7.07. The van der Waals surface area contributed by atoms with Crippen LogP contribution in [0.15, 0.2) is 0 Å². The van der Waals surface area contributed by atoms with E-state index in [1.54, 1.807) is 12.8 Å². The Morgan fingerprint density at radius 3 is 2.43 bits per heavy atom. The van der Waals surface area contributed by atoms with Crippen molar-refractivity contribution < 1.29 is 0 Å². The number of fused-ring (bicyclic) bond motifs is 2. The van der Waals surface area contributed by atoms with Gasteiger partial charge in [-0.2, -0.15) is 0 Å². The van der Waals surface area contributed by atoms with Gasteiger partial charge in [-0.05, 0) is 83.3 Å². The fourth-order valence-electron chi connectivity index (χ4n) is 5.87. The Hall–Kier alpha value is -0.0800. The summed E-state index contributed by atoms with van der Waals surface area (Å²) in [6.45, 7) is 3.50. The molecule has 2 heteroatoms. The van der Waals surface area contributed by atoms with Crippen LogP contribution in [0.4, 0.5) is 0 Å². The molecule has 0 radical (unpaired) electrons. The molecule has 21 heavy (non-hydrogen) atoms. The average Bonchev–Trinajstić information content (AvgIpc) is 3.18. The van der Waals surface area contributed by atoms with Crippen LogP contribution in [0, 0.1) is 17.8 Å². The minimum absolute atomic E-state index is 0.441. The van der Waals surface area contributed by atoms with E-state index in [4.69, 9.17) is 0 Å². The van der Waals surface area contributed by atoms with Crippen LogP contribution in [0.1, 0.15) is 71.1 Å². The zero-order valence-electron chi connectivity index (χ0n) is 14.5. The number of likely N-dealkylation sites (N-methyl/N-ethyl adjacent to an activating group) is 1. The Balaban J connectivity index is 1.70. The van der Waals surface area contributed by atoms with Crippen LogP contribution in [-0.2, 0) is 0 Å². The second-order valence-electron chi connectivity index (χ2n) is 8.38. The van der Waals surface area contributed by atoms with E-state index in [1.807, 2.05) is 0 Å². The molecule has 3 rings (SSSR count). The van der Waals surface area contributed by atoms with E-state index < -0.39 is 0 Å². The zero-order chi connectivity index (χ0) is 14.9. The summed E-state index contributed by atoms with van der Waals surface area (Å²) in [5.41, 5.74) is 0.441. The quantitative estimate of drug-likeness (QED) is 0.761. The van der Waals surface area contributed by atoms with Crippen molar-refractivity contribution in [1.29, 1.82) is 0 Å². The lowest BCUT2D eigenvalue weighted by Gasteiger charge is -2.45. The SMILES string of the molecule is CCCNC(CC1CC2CCC1C2)C1(N(C)C)CCCC1. The van der Waals surface area contributed by atoms with Gasteiger partial charge in [-0.15, -0.1) is 0 Å². The first-order chi connectivity index (χ1) is 10.2. The highest BCUT2D eigenvalue weighted by atomic mass is 15.2. The van der Waals surface area contributed by atoms with Crippen molar-refractivity contribution in [3.05, 3.63) is 0 Å². The Bertz CT molecular complexity index is 332. The molecule has 3 fully saturated rings. The van der Waals surface area contributed by atoms with Gasteiger partial charge in [-0.25, -0.2) is 0 Å². The molecular formula is C19H36N2. The molecule has 0 aromatic carbocycles. The van der Waals surface area contributed by atoms with Gasteiger partial charge in [-0.1, -0.05) is 26.2 Å². The molecule has 0 aromatic heterocycles. The maximum Gasteiger partial charge on any atom is 0.0356 e. The van der Waals surface area contributed by atoms with E-state index in [9.17, 15) is 0 Å². The average molecular weight is 293 g/mol. The number of hydrogen-bond acceptors (Lipinski definition) is 2. The van der Waals surface area contributed by atoms with Gasteiger partial charge in [0.1, 0.15) is 0 Å². The van der Waals surface area contributed by atoms with Gasteiger partial charge in [0.05, 0.1) is 0 Å². The van der Waals surface area contributed by atoms with Crippen molar-refractivity contribution in [3.8, 4) is 0 Å². The van der Waals surface area contributed by atoms with Crippen LogP contribution in [0.25, 0.3) is 0 Å². The van der Waals surface area contributed by atoms with Crippen molar-refractivity contribution in [1.82, 2.24) is 10.2 Å². The van der Waals surface area contributed by atoms with Crippen LogP contribution in [0.2, 0.25) is 0 Å². The van der Waals surface area contributed by atoms with Gasteiger partial charge in [0.15, 0.2) is 0 Å². The predicted octanol–water partition coefficient (Wildman–Crippen LogP) is 4.06. The second kappa shape index (κ2) is 6.58. The summed E-state index contributed by atoms with van der Waals surface area (Å²) < 4.78 is 0. The molecule has 3 aliphatic rings. The third kappa shape index (κ3) is 3.03. The van der Waals surface area contributed by atoms with Crippen molar-refractivity contribution >= 4 is 0 Å². The van der Waals surface area contributed by atoms with Crippen LogP contribution in [0.5, 0.6) is 0 Å². The summed E-state index contributed by atoms with van der Waals surface area (Å²) in [5, 5.41) is 3.98. The van der Waals surface area contributed by atoms with Gasteiger partial charge in [0.25, 0.3) is 0 Å². The highest BCUT2D eigenvalue weighted by Gasteiger charge is 2.47. The molecule has 0 saturated heterocycles. The first-order valence-electron chi connectivity index (χ1n) is 9.56. The van der Waals surface area contributed by atoms with E-state index >= 15 is 0 Å². The standard InChI is InChI=1S/C19H36N2/c1-4-11-20-18(19(21(2)3)9-5-6-10-19)14-17-13-15-7-8-16(17)12-15/h15-18,20H,4-14H2,1-3H3. The zero-order valence-corrected chi connectivity index (χ0v) is 14.5. The molecular weight excluding hydrogens is 256 g/mol. The molecule has 0 aromatic rings. The summed E-state index contributed by atoms with van der Waals surface area (Å²) in [7, 11) is 4.65. The van der Waals surface area contributed by atoms with Crippen LogP contribution in [-0.4, -0.2) is 37.1 Å². The number of rotatable bonds is 7. The van der Waals surface area contributed by atoms with E-state index in [0.29, 0.717) is 5.54 Å². The first kappa shape index (κ1) is 15.8. The van der Waals surface area contributed by atoms with Crippen molar-refractivity contribution in [3.63, 3.8) is 0 Å². The van der Waals surface area contributed by atoms with Crippen molar-refractivity contribution in [2.75, 3.05) is 20.6 Å². The number of nitrogens with one attached hydrogen (secondary N) is 1. The van der Waals surface area contributed by atoms with Gasteiger partial charge in [0, 0.05) is 11.6 Å². The molecule has 0 spiro atoms. The molecule has 3 aliphatic carbocycles. The van der Waals surface area contributed by atoms with Gasteiger partial charge < -0.3 is 10.2 Å². The molecule has 0 heterocycles. The van der Waals surface area contributed by atoms with Crippen LogP contribution < -0.4 is 5.32 Å². The molecule has 4 unspecified atom stereocenters. The fourth-order valence-corrected chi connectivity index (χ4v) is 5.87. The maximum atomic E-state index is 3.98. The molecule has 4 atom stereocenters. The number of nitrogens with zero attached hydrogens (tertiary/aromatic N) is 1. The third-order valence-corrected chi connectivity index (χ3v) is 7.07. The van der Waals surface area contributed by atoms with E-state index in [0.717, 1.165) is 23.8 Å². The summed E-state index contributed by atoms with van der Waals surface area (Å²) in [4.78, 5) is 2.57. The smallest absolute Gasteiger partial charge is 0.0356 e. The Morgan fingerprint density at radius 1 is 1.14 bits per heavy atom. The maximum absolute atomic E-state index is 3.98. The fraction of sp³-hybridized carbons (Fsp3) is 1.00. The highest BCUT2D eigenvalue weighted by molar-refractivity contribution is 5.04. The molecule has 1 N–H and O–H groups in total.